The molecule has 14 heteroatoms. The first kappa shape index (κ1) is 30.3. The van der Waals surface area contributed by atoms with Gasteiger partial charge >= 0.3 is 12.2 Å². The van der Waals surface area contributed by atoms with Crippen LogP contribution in [-0.2, 0) is 15.9 Å². The highest BCUT2D eigenvalue weighted by Gasteiger charge is 2.30. The Morgan fingerprint density at radius 3 is 2.33 bits per heavy atom. The number of nitrogens with one attached hydrogen (secondary N) is 5. The van der Waals surface area contributed by atoms with Gasteiger partial charge < -0.3 is 26.4 Å². The van der Waals surface area contributed by atoms with Gasteiger partial charge in [-0.3, -0.25) is 0 Å². The molecule has 3 aromatic carbocycles. The van der Waals surface area contributed by atoms with Crippen LogP contribution in [0.4, 0.5) is 46.8 Å². The monoisotopic (exact) mass is 599 g/mol. The van der Waals surface area contributed by atoms with Crippen LogP contribution in [0.2, 0.25) is 0 Å². The molecule has 2 amide bonds. The minimum Gasteiger partial charge on any atom is -0.394 e. The molecule has 0 spiro atoms. The number of aliphatic hydroxyl groups is 1. The summed E-state index contributed by atoms with van der Waals surface area (Å²) in [6, 6.07) is 16.5. The first-order valence-corrected chi connectivity index (χ1v) is 14.5. The Balaban J connectivity index is 1.52. The van der Waals surface area contributed by atoms with Crippen LogP contribution in [0.3, 0.4) is 0 Å². The molecule has 0 fully saturated rings. The second kappa shape index (κ2) is 12.4. The summed E-state index contributed by atoms with van der Waals surface area (Å²) >= 11 is 0. The van der Waals surface area contributed by atoms with Gasteiger partial charge in [-0.2, -0.15) is 18.2 Å². The van der Waals surface area contributed by atoms with Gasteiger partial charge in [0.2, 0.25) is 5.95 Å². The molecule has 4 aromatic rings. The fraction of sp³-hybridized carbons (Fsp3) is 0.179. The number of nitrogens with zero attached hydrogens (tertiary/aromatic N) is 2. The van der Waals surface area contributed by atoms with Gasteiger partial charge in [0.1, 0.15) is 5.82 Å². The van der Waals surface area contributed by atoms with Crippen molar-refractivity contribution in [2.75, 3.05) is 34.1 Å². The van der Waals surface area contributed by atoms with E-state index >= 15 is 0 Å². The molecule has 1 aromatic heterocycles. The van der Waals surface area contributed by atoms with Gasteiger partial charge in [0.15, 0.2) is 0 Å². The van der Waals surface area contributed by atoms with E-state index in [0.717, 1.165) is 12.1 Å². The second-order valence-electron chi connectivity index (χ2n) is 9.42. The number of aromatic nitrogens is 2. The molecule has 0 aliphatic carbocycles. The number of anilines is 5. The highest BCUT2D eigenvalue weighted by atomic mass is 32.2. The van der Waals surface area contributed by atoms with Crippen LogP contribution in [0.1, 0.15) is 12.5 Å². The lowest BCUT2D eigenvalue weighted by atomic mass is 10.1. The van der Waals surface area contributed by atoms with Crippen LogP contribution in [0.15, 0.2) is 83.9 Å². The first-order valence-electron chi connectivity index (χ1n) is 12.5. The predicted molar refractivity (Wildman–Crippen MR) is 157 cm³/mol. The summed E-state index contributed by atoms with van der Waals surface area (Å²) in [5, 5.41) is 20.7. The fourth-order valence-electron chi connectivity index (χ4n) is 3.79. The SMILES string of the molecule is C[C@H](CO)Nc1nc(Nc2cccc([S@@](C)(=N)=O)c2)ncc1-c1ccc(NC(=O)Nc2cccc(C(F)(F)F)c2)cc1. The molecule has 0 radical (unpaired) electrons. The summed E-state index contributed by atoms with van der Waals surface area (Å²) in [6.45, 7) is 1.61. The number of amides is 2. The van der Waals surface area contributed by atoms with E-state index in [1.807, 2.05) is 0 Å². The summed E-state index contributed by atoms with van der Waals surface area (Å²) in [4.78, 5) is 21.7. The molecule has 10 nitrogen and oxygen atoms in total. The topological polar surface area (TPSA) is 152 Å². The molecule has 0 saturated heterocycles. The number of hydrogen-bond donors (Lipinski definition) is 6. The maximum absolute atomic E-state index is 12.9. The Bertz CT molecular complexity index is 1680. The zero-order valence-corrected chi connectivity index (χ0v) is 23.3. The van der Waals surface area contributed by atoms with Gasteiger partial charge in [-0.25, -0.2) is 18.8 Å². The smallest absolute Gasteiger partial charge is 0.394 e. The number of rotatable bonds is 9. The minimum absolute atomic E-state index is 0.00627. The van der Waals surface area contributed by atoms with Crippen molar-refractivity contribution >= 4 is 44.6 Å². The molecule has 0 saturated carbocycles. The lowest BCUT2D eigenvalue weighted by molar-refractivity contribution is -0.137. The van der Waals surface area contributed by atoms with Crippen molar-refractivity contribution in [3.05, 3.63) is 84.6 Å². The largest absolute Gasteiger partial charge is 0.416 e. The van der Waals surface area contributed by atoms with Crippen LogP contribution >= 0.6 is 0 Å². The van der Waals surface area contributed by atoms with Gasteiger partial charge in [-0.1, -0.05) is 24.3 Å². The lowest BCUT2D eigenvalue weighted by Crippen LogP contribution is -2.21. The number of urea groups is 1. The summed E-state index contributed by atoms with van der Waals surface area (Å²) in [5.41, 5.74) is 1.33. The molecule has 0 aliphatic heterocycles. The Morgan fingerprint density at radius 1 is 1.00 bits per heavy atom. The first-order chi connectivity index (χ1) is 19.8. The van der Waals surface area contributed by atoms with E-state index in [4.69, 9.17) is 4.78 Å². The third-order valence-electron chi connectivity index (χ3n) is 5.89. The highest BCUT2D eigenvalue weighted by molar-refractivity contribution is 7.91. The van der Waals surface area contributed by atoms with Crippen molar-refractivity contribution < 1.29 is 27.3 Å². The van der Waals surface area contributed by atoms with E-state index < -0.39 is 27.5 Å². The Morgan fingerprint density at radius 2 is 1.67 bits per heavy atom. The van der Waals surface area contributed by atoms with Gasteiger partial charge in [-0.05, 0) is 61.0 Å². The van der Waals surface area contributed by atoms with Crippen molar-refractivity contribution in [3.63, 3.8) is 0 Å². The van der Waals surface area contributed by atoms with E-state index in [2.05, 4.69) is 31.2 Å². The van der Waals surface area contributed by atoms with Gasteiger partial charge in [0.05, 0.1) is 21.9 Å². The third kappa shape index (κ3) is 7.95. The molecule has 2 atom stereocenters. The molecule has 0 aliphatic rings. The molecule has 0 bridgehead atoms. The maximum Gasteiger partial charge on any atom is 0.416 e. The molecule has 220 valence electrons. The van der Waals surface area contributed by atoms with Crippen LogP contribution < -0.4 is 21.3 Å². The Hall–Kier alpha value is -4.69. The van der Waals surface area contributed by atoms with E-state index in [-0.39, 0.29) is 24.3 Å². The number of halogens is 3. The molecular weight excluding hydrogens is 571 g/mol. The molecule has 6 N–H and O–H groups in total. The highest BCUT2D eigenvalue weighted by Crippen LogP contribution is 2.31. The molecule has 1 heterocycles. The molecular formula is C28H28F3N7O3S. The zero-order valence-electron chi connectivity index (χ0n) is 22.5. The molecule has 42 heavy (non-hydrogen) atoms. The Kier molecular flexibility index (Phi) is 8.97. The number of benzene rings is 3. The second-order valence-corrected chi connectivity index (χ2v) is 11.6. The number of hydrogen-bond acceptors (Lipinski definition) is 8. The van der Waals surface area contributed by atoms with Crippen molar-refractivity contribution in [2.24, 2.45) is 0 Å². The minimum atomic E-state index is -4.53. The summed E-state index contributed by atoms with van der Waals surface area (Å²) < 4.78 is 58.8. The average molecular weight is 600 g/mol. The van der Waals surface area contributed by atoms with E-state index in [1.54, 1.807) is 61.7 Å². The van der Waals surface area contributed by atoms with E-state index in [1.165, 1.54) is 18.4 Å². The summed E-state index contributed by atoms with van der Waals surface area (Å²) in [5.74, 6) is 0.633. The van der Waals surface area contributed by atoms with Gasteiger partial charge in [0, 0.05) is 46.0 Å². The summed E-state index contributed by atoms with van der Waals surface area (Å²) in [6.07, 6.45) is -1.63. The van der Waals surface area contributed by atoms with Crippen LogP contribution in [-0.4, -0.2) is 44.2 Å². The quantitative estimate of drug-likeness (QED) is 0.131. The Labute approximate surface area is 240 Å². The van der Waals surface area contributed by atoms with Crippen LogP contribution in [0, 0.1) is 4.78 Å². The molecule has 4 rings (SSSR count). The molecule has 0 unspecified atom stereocenters. The number of carbonyl (C=O) groups is 1. The standard InChI is InChI=1S/C28H28F3N7O3S/c1-17(16-39)34-25-24(15-33-26(38-25)35-22-7-4-8-23(14-22)42(2,32)41)18-9-11-20(12-10-18)36-27(40)37-21-6-3-5-19(13-21)28(29,30)31/h3-15,17,32,39H,16H2,1-2H3,(H2,36,37,40)(H2,33,34,35,38)/t17-,42+/m1/s1. The number of carbonyl (C=O) groups excluding carboxylic acids is 1. The fourth-order valence-corrected chi connectivity index (χ4v) is 4.48. The number of alkyl halides is 3. The lowest BCUT2D eigenvalue weighted by Gasteiger charge is -2.17. The van der Waals surface area contributed by atoms with Crippen molar-refractivity contribution in [2.45, 2.75) is 24.0 Å². The van der Waals surface area contributed by atoms with Crippen molar-refractivity contribution in [3.8, 4) is 11.1 Å². The zero-order chi connectivity index (χ0) is 30.5. The van der Waals surface area contributed by atoms with Crippen molar-refractivity contribution in [1.82, 2.24) is 9.97 Å². The van der Waals surface area contributed by atoms with Crippen LogP contribution in [0.25, 0.3) is 11.1 Å². The maximum atomic E-state index is 12.9. The van der Waals surface area contributed by atoms with Gasteiger partial charge in [0.25, 0.3) is 0 Å². The van der Waals surface area contributed by atoms with E-state index in [0.29, 0.717) is 33.2 Å². The van der Waals surface area contributed by atoms with Gasteiger partial charge in [-0.15, -0.1) is 0 Å². The third-order valence-corrected chi connectivity index (χ3v) is 7.04. The average Bonchev–Trinajstić information content (AvgIpc) is 2.93. The number of aliphatic hydroxyl groups excluding tert-OH is 1. The normalized spacial score (nSPS) is 13.5. The summed E-state index contributed by atoms with van der Waals surface area (Å²) in [7, 11) is -2.91. The van der Waals surface area contributed by atoms with Crippen molar-refractivity contribution in [1.29, 1.82) is 4.78 Å². The predicted octanol–water partition coefficient (Wildman–Crippen LogP) is 6.38. The van der Waals surface area contributed by atoms with Crippen LogP contribution in [0.5, 0.6) is 0 Å². The van der Waals surface area contributed by atoms with E-state index in [9.17, 15) is 27.3 Å².